The molecule has 0 saturated carbocycles. The van der Waals surface area contributed by atoms with Crippen molar-refractivity contribution in [2.24, 2.45) is 0 Å². The Hall–Kier alpha value is -1.62. The van der Waals surface area contributed by atoms with Crippen molar-refractivity contribution in [3.63, 3.8) is 0 Å². The fraction of sp³-hybridized carbons (Fsp3) is 0.417. The molecule has 0 bridgehead atoms. The van der Waals surface area contributed by atoms with Gasteiger partial charge in [0.05, 0.1) is 0 Å². The SMILES string of the molecule is O=C(O)C1CC(Oc2ccc(F)cc2)CCN1. The number of carbonyl (C=O) groups is 1. The van der Waals surface area contributed by atoms with E-state index in [9.17, 15) is 9.18 Å². The van der Waals surface area contributed by atoms with E-state index in [1.165, 1.54) is 12.1 Å². The molecule has 0 aliphatic carbocycles. The average molecular weight is 239 g/mol. The Labute approximate surface area is 98.4 Å². The van der Waals surface area contributed by atoms with Gasteiger partial charge in [0, 0.05) is 6.42 Å². The summed E-state index contributed by atoms with van der Waals surface area (Å²) in [6, 6.07) is 5.19. The number of ether oxygens (including phenoxy) is 1. The summed E-state index contributed by atoms with van der Waals surface area (Å²) in [5.41, 5.74) is 0. The Morgan fingerprint density at radius 3 is 2.76 bits per heavy atom. The lowest BCUT2D eigenvalue weighted by molar-refractivity contribution is -0.140. The molecular weight excluding hydrogens is 225 g/mol. The molecule has 2 unspecified atom stereocenters. The molecule has 0 aromatic heterocycles. The van der Waals surface area contributed by atoms with Crippen LogP contribution < -0.4 is 10.1 Å². The van der Waals surface area contributed by atoms with Crippen molar-refractivity contribution in [2.45, 2.75) is 25.0 Å². The lowest BCUT2D eigenvalue weighted by Crippen LogP contribution is -2.46. The maximum Gasteiger partial charge on any atom is 0.320 e. The molecule has 0 spiro atoms. The normalized spacial score (nSPS) is 24.3. The highest BCUT2D eigenvalue weighted by molar-refractivity contribution is 5.73. The van der Waals surface area contributed by atoms with Crippen LogP contribution >= 0.6 is 0 Å². The molecule has 1 heterocycles. The van der Waals surface area contributed by atoms with Gasteiger partial charge in [-0.2, -0.15) is 0 Å². The van der Waals surface area contributed by atoms with Crippen molar-refractivity contribution in [2.75, 3.05) is 6.54 Å². The van der Waals surface area contributed by atoms with Crippen molar-refractivity contribution in [3.05, 3.63) is 30.1 Å². The first-order valence-corrected chi connectivity index (χ1v) is 5.53. The Balaban J connectivity index is 1.94. The highest BCUT2D eigenvalue weighted by Gasteiger charge is 2.27. The zero-order valence-corrected chi connectivity index (χ0v) is 9.23. The standard InChI is InChI=1S/C12H14FNO3/c13-8-1-3-9(4-2-8)17-10-5-6-14-11(7-10)12(15)16/h1-4,10-11,14H,5-7H2,(H,15,16). The molecule has 17 heavy (non-hydrogen) atoms. The van der Waals surface area contributed by atoms with Gasteiger partial charge >= 0.3 is 5.97 Å². The predicted molar refractivity (Wildman–Crippen MR) is 59.5 cm³/mol. The number of halogens is 1. The lowest BCUT2D eigenvalue weighted by atomic mass is 10.0. The van der Waals surface area contributed by atoms with E-state index >= 15 is 0 Å². The Morgan fingerprint density at radius 1 is 1.41 bits per heavy atom. The average Bonchev–Trinajstić information content (AvgIpc) is 2.32. The summed E-state index contributed by atoms with van der Waals surface area (Å²) in [6.07, 6.45) is 1.04. The molecule has 1 aliphatic heterocycles. The molecule has 2 rings (SSSR count). The van der Waals surface area contributed by atoms with Crippen LogP contribution in [0.25, 0.3) is 0 Å². The van der Waals surface area contributed by atoms with E-state index in [0.717, 1.165) is 6.42 Å². The van der Waals surface area contributed by atoms with Crippen molar-refractivity contribution >= 4 is 5.97 Å². The first-order valence-electron chi connectivity index (χ1n) is 5.53. The van der Waals surface area contributed by atoms with Gasteiger partial charge in [0.25, 0.3) is 0 Å². The maximum absolute atomic E-state index is 12.7. The van der Waals surface area contributed by atoms with Gasteiger partial charge < -0.3 is 15.2 Å². The lowest BCUT2D eigenvalue weighted by Gasteiger charge is -2.28. The van der Waals surface area contributed by atoms with Crippen LogP contribution in [0.15, 0.2) is 24.3 Å². The van der Waals surface area contributed by atoms with Gasteiger partial charge in [-0.25, -0.2) is 4.39 Å². The summed E-state index contributed by atoms with van der Waals surface area (Å²) in [7, 11) is 0. The largest absolute Gasteiger partial charge is 0.490 e. The quantitative estimate of drug-likeness (QED) is 0.837. The zero-order chi connectivity index (χ0) is 12.3. The van der Waals surface area contributed by atoms with Crippen LogP contribution in [0.4, 0.5) is 4.39 Å². The first-order chi connectivity index (χ1) is 8.15. The Kier molecular flexibility index (Phi) is 3.58. The summed E-state index contributed by atoms with van der Waals surface area (Å²) < 4.78 is 18.3. The van der Waals surface area contributed by atoms with Gasteiger partial charge in [0.2, 0.25) is 0 Å². The van der Waals surface area contributed by atoms with E-state index in [1.807, 2.05) is 0 Å². The van der Waals surface area contributed by atoms with E-state index in [2.05, 4.69) is 5.32 Å². The molecule has 4 nitrogen and oxygen atoms in total. The molecule has 0 radical (unpaired) electrons. The molecule has 1 aromatic rings. The van der Waals surface area contributed by atoms with E-state index < -0.39 is 12.0 Å². The number of aliphatic carboxylic acids is 1. The van der Waals surface area contributed by atoms with Crippen LogP contribution in [0.3, 0.4) is 0 Å². The topological polar surface area (TPSA) is 58.6 Å². The molecule has 1 aromatic carbocycles. The minimum absolute atomic E-state index is 0.136. The predicted octanol–water partition coefficient (Wildman–Crippen LogP) is 1.41. The Bertz CT molecular complexity index is 393. The first kappa shape index (κ1) is 11.9. The minimum atomic E-state index is -0.864. The summed E-state index contributed by atoms with van der Waals surface area (Å²) in [4.78, 5) is 10.8. The molecule has 0 amide bonds. The van der Waals surface area contributed by atoms with Gasteiger partial charge in [0.1, 0.15) is 23.7 Å². The third kappa shape index (κ3) is 3.17. The molecule has 2 atom stereocenters. The second kappa shape index (κ2) is 5.14. The highest BCUT2D eigenvalue weighted by atomic mass is 19.1. The van der Waals surface area contributed by atoms with E-state index in [4.69, 9.17) is 9.84 Å². The highest BCUT2D eigenvalue weighted by Crippen LogP contribution is 2.18. The smallest absolute Gasteiger partial charge is 0.320 e. The molecule has 1 aliphatic rings. The maximum atomic E-state index is 12.7. The number of benzene rings is 1. The number of hydrogen-bond acceptors (Lipinski definition) is 3. The second-order valence-electron chi connectivity index (χ2n) is 4.06. The van der Waals surface area contributed by atoms with Crippen LogP contribution in [0.1, 0.15) is 12.8 Å². The van der Waals surface area contributed by atoms with Crippen molar-refractivity contribution in [1.29, 1.82) is 0 Å². The van der Waals surface area contributed by atoms with Gasteiger partial charge in [-0.05, 0) is 37.2 Å². The van der Waals surface area contributed by atoms with Gasteiger partial charge in [-0.3, -0.25) is 4.79 Å². The van der Waals surface area contributed by atoms with Crippen LogP contribution in [0, 0.1) is 5.82 Å². The van der Waals surface area contributed by atoms with E-state index in [1.54, 1.807) is 12.1 Å². The molecule has 92 valence electrons. The second-order valence-corrected chi connectivity index (χ2v) is 4.06. The van der Waals surface area contributed by atoms with Gasteiger partial charge in [-0.1, -0.05) is 0 Å². The van der Waals surface area contributed by atoms with Crippen molar-refractivity contribution in [3.8, 4) is 5.75 Å². The van der Waals surface area contributed by atoms with Crippen molar-refractivity contribution < 1.29 is 19.0 Å². The molecule has 5 heteroatoms. The number of hydrogen-bond donors (Lipinski definition) is 2. The molecular formula is C12H14FNO3. The number of rotatable bonds is 3. The molecule has 2 N–H and O–H groups in total. The third-order valence-corrected chi connectivity index (χ3v) is 2.77. The number of carboxylic acid groups (broad SMARTS) is 1. The number of piperidine rings is 1. The fourth-order valence-corrected chi connectivity index (χ4v) is 1.88. The summed E-state index contributed by atoms with van der Waals surface area (Å²) >= 11 is 0. The van der Waals surface area contributed by atoms with Gasteiger partial charge in [-0.15, -0.1) is 0 Å². The summed E-state index contributed by atoms with van der Waals surface area (Å²) in [5.74, 6) is -0.606. The monoisotopic (exact) mass is 239 g/mol. The van der Waals surface area contributed by atoms with Crippen LogP contribution in [0.5, 0.6) is 5.75 Å². The number of carboxylic acids is 1. The molecule has 1 saturated heterocycles. The van der Waals surface area contributed by atoms with E-state index in [-0.39, 0.29) is 11.9 Å². The van der Waals surface area contributed by atoms with Crippen LogP contribution in [0.2, 0.25) is 0 Å². The number of nitrogens with one attached hydrogen (secondary N) is 1. The molecule has 1 fully saturated rings. The van der Waals surface area contributed by atoms with Crippen molar-refractivity contribution in [1.82, 2.24) is 5.32 Å². The van der Waals surface area contributed by atoms with Crippen LogP contribution in [-0.4, -0.2) is 29.8 Å². The van der Waals surface area contributed by atoms with Crippen LogP contribution in [-0.2, 0) is 4.79 Å². The summed E-state index contributed by atoms with van der Waals surface area (Å²) in [6.45, 7) is 0.614. The zero-order valence-electron chi connectivity index (χ0n) is 9.23. The summed E-state index contributed by atoms with van der Waals surface area (Å²) in [5, 5.41) is 11.8. The Morgan fingerprint density at radius 2 is 2.12 bits per heavy atom. The third-order valence-electron chi connectivity index (χ3n) is 2.77. The van der Waals surface area contributed by atoms with E-state index in [0.29, 0.717) is 18.7 Å². The fourth-order valence-electron chi connectivity index (χ4n) is 1.88. The van der Waals surface area contributed by atoms with Gasteiger partial charge in [0.15, 0.2) is 0 Å². The minimum Gasteiger partial charge on any atom is -0.490 e.